The Morgan fingerprint density at radius 3 is 2.76 bits per heavy atom. The lowest BCUT2D eigenvalue weighted by Gasteiger charge is -2.32. The number of pyridine rings is 1. The third-order valence-corrected chi connectivity index (χ3v) is 3.28. The van der Waals surface area contributed by atoms with Gasteiger partial charge < -0.3 is 10.4 Å². The minimum Gasteiger partial charge on any atom is -0.465 e. The molecule has 2 heterocycles. The summed E-state index contributed by atoms with van der Waals surface area (Å²) >= 11 is 3.31. The van der Waals surface area contributed by atoms with E-state index in [-0.39, 0.29) is 6.04 Å². The maximum absolute atomic E-state index is 11.4. The van der Waals surface area contributed by atoms with Crippen molar-refractivity contribution in [2.45, 2.75) is 18.9 Å². The van der Waals surface area contributed by atoms with E-state index in [9.17, 15) is 9.90 Å². The van der Waals surface area contributed by atoms with Gasteiger partial charge in [0.2, 0.25) is 0 Å². The lowest BCUT2D eigenvalue weighted by atomic mass is 10.0. The summed E-state index contributed by atoms with van der Waals surface area (Å²) in [6.45, 7) is 1.71. The Bertz CT molecular complexity index is 407. The molecule has 0 spiro atoms. The predicted molar refractivity (Wildman–Crippen MR) is 68.3 cm³/mol. The molecule has 0 atom stereocenters. The summed E-state index contributed by atoms with van der Waals surface area (Å²) < 4.78 is 0.787. The number of anilines is 1. The van der Waals surface area contributed by atoms with Gasteiger partial charge >= 0.3 is 6.09 Å². The quantitative estimate of drug-likeness (QED) is 0.877. The van der Waals surface area contributed by atoms with Gasteiger partial charge in [0, 0.05) is 16.7 Å². The van der Waals surface area contributed by atoms with Gasteiger partial charge in [0.25, 0.3) is 0 Å². The number of carbonyl (C=O) groups is 1. The van der Waals surface area contributed by atoms with Crippen molar-refractivity contribution >= 4 is 27.7 Å². The van der Waals surface area contributed by atoms with E-state index in [1.807, 2.05) is 0 Å². The van der Waals surface area contributed by atoms with E-state index in [2.05, 4.69) is 26.2 Å². The van der Waals surface area contributed by atoms with Crippen LogP contribution in [0.25, 0.3) is 0 Å². The molecule has 17 heavy (non-hydrogen) atoms. The molecule has 0 unspecified atom stereocenters. The van der Waals surface area contributed by atoms with Crippen LogP contribution in [0.2, 0.25) is 0 Å². The zero-order chi connectivity index (χ0) is 12.3. The van der Waals surface area contributed by atoms with Crippen molar-refractivity contribution in [3.63, 3.8) is 0 Å². The molecular weight excluding hydrogens is 286 g/mol. The van der Waals surface area contributed by atoms with Gasteiger partial charge in [0.05, 0.1) is 11.9 Å². The number of carboxylic acid groups (broad SMARTS) is 1. The lowest BCUT2D eigenvalue weighted by molar-refractivity contribution is 0.197. The minimum atomic E-state index is -0.920. The van der Waals surface area contributed by atoms with E-state index in [0.29, 0.717) is 5.69 Å². The van der Waals surface area contributed by atoms with Crippen LogP contribution in [0.1, 0.15) is 12.8 Å². The smallest absolute Gasteiger partial charge is 0.412 e. The third kappa shape index (κ3) is 2.95. The molecule has 1 aliphatic heterocycles. The van der Waals surface area contributed by atoms with Crippen LogP contribution in [0.4, 0.5) is 10.5 Å². The van der Waals surface area contributed by atoms with E-state index < -0.39 is 6.09 Å². The van der Waals surface area contributed by atoms with Gasteiger partial charge in [-0.2, -0.15) is 0 Å². The largest absolute Gasteiger partial charge is 0.465 e. The average Bonchev–Trinajstić information content (AvgIpc) is 2.30. The predicted octanol–water partition coefficient (Wildman–Crippen LogP) is 2.08. The Hall–Kier alpha value is -1.14. The summed E-state index contributed by atoms with van der Waals surface area (Å²) in [5.74, 6) is 0. The van der Waals surface area contributed by atoms with Crippen molar-refractivity contribution < 1.29 is 9.90 Å². The second kappa shape index (κ2) is 5.46. The summed E-state index contributed by atoms with van der Waals surface area (Å²) in [5.41, 5.74) is 0.624. The van der Waals surface area contributed by atoms with Crippen LogP contribution in [0.3, 0.4) is 0 Å². The molecule has 2 rings (SSSR count). The molecule has 6 heteroatoms. The number of hydrogen-bond donors (Lipinski definition) is 2. The molecule has 2 N–H and O–H groups in total. The molecule has 1 saturated heterocycles. The first-order valence-electron chi connectivity index (χ1n) is 5.52. The highest BCUT2D eigenvalue weighted by molar-refractivity contribution is 9.10. The van der Waals surface area contributed by atoms with Crippen LogP contribution in [-0.4, -0.2) is 35.3 Å². The third-order valence-electron chi connectivity index (χ3n) is 2.85. The molecule has 0 saturated carbocycles. The van der Waals surface area contributed by atoms with Gasteiger partial charge in [-0.05, 0) is 47.9 Å². The van der Waals surface area contributed by atoms with Crippen molar-refractivity contribution in [2.75, 3.05) is 18.0 Å². The Kier molecular flexibility index (Phi) is 3.96. The number of hydrogen-bond acceptors (Lipinski definition) is 3. The number of piperidine rings is 1. The van der Waals surface area contributed by atoms with Gasteiger partial charge in [-0.25, -0.2) is 4.79 Å². The zero-order valence-corrected chi connectivity index (χ0v) is 10.9. The van der Waals surface area contributed by atoms with Crippen LogP contribution in [-0.2, 0) is 0 Å². The van der Waals surface area contributed by atoms with Crippen LogP contribution in [0, 0.1) is 0 Å². The number of halogens is 1. The topological polar surface area (TPSA) is 65.5 Å². The summed E-state index contributed by atoms with van der Waals surface area (Å²) in [7, 11) is 0. The summed E-state index contributed by atoms with van der Waals surface area (Å²) in [5, 5.41) is 12.6. The maximum Gasteiger partial charge on any atom is 0.412 e. The van der Waals surface area contributed by atoms with E-state index >= 15 is 0 Å². The Morgan fingerprint density at radius 2 is 2.18 bits per heavy atom. The van der Waals surface area contributed by atoms with Crippen molar-refractivity contribution in [2.24, 2.45) is 0 Å². The SMILES string of the molecule is O=C(O)N(c1cncc(Br)c1)C1CCNCC1. The molecule has 0 bridgehead atoms. The van der Waals surface area contributed by atoms with Gasteiger partial charge in [-0.15, -0.1) is 0 Å². The first-order valence-corrected chi connectivity index (χ1v) is 6.31. The van der Waals surface area contributed by atoms with Gasteiger partial charge in [0.15, 0.2) is 0 Å². The molecule has 0 aromatic carbocycles. The number of amides is 1. The highest BCUT2D eigenvalue weighted by atomic mass is 79.9. The van der Waals surface area contributed by atoms with Crippen molar-refractivity contribution in [3.05, 3.63) is 22.9 Å². The second-order valence-electron chi connectivity index (χ2n) is 4.00. The monoisotopic (exact) mass is 299 g/mol. The molecular formula is C11H14BrN3O2. The fourth-order valence-electron chi connectivity index (χ4n) is 2.07. The summed E-state index contributed by atoms with van der Waals surface area (Å²) in [6.07, 6.45) is 3.97. The van der Waals surface area contributed by atoms with E-state index in [0.717, 1.165) is 30.4 Å². The van der Waals surface area contributed by atoms with Crippen molar-refractivity contribution in [3.8, 4) is 0 Å². The lowest BCUT2D eigenvalue weighted by Crippen LogP contribution is -2.45. The number of aromatic nitrogens is 1. The van der Waals surface area contributed by atoms with Gasteiger partial charge in [-0.3, -0.25) is 9.88 Å². The first-order chi connectivity index (χ1) is 8.18. The molecule has 1 aromatic heterocycles. The molecule has 1 aromatic rings. The molecule has 92 valence electrons. The fourth-order valence-corrected chi connectivity index (χ4v) is 2.43. The summed E-state index contributed by atoms with van der Waals surface area (Å²) in [6, 6.07) is 1.81. The van der Waals surface area contributed by atoms with Crippen LogP contribution >= 0.6 is 15.9 Å². The Morgan fingerprint density at radius 1 is 1.47 bits per heavy atom. The van der Waals surface area contributed by atoms with E-state index in [1.165, 1.54) is 4.90 Å². The van der Waals surface area contributed by atoms with Crippen molar-refractivity contribution in [1.82, 2.24) is 10.3 Å². The average molecular weight is 300 g/mol. The van der Waals surface area contributed by atoms with Crippen LogP contribution in [0.5, 0.6) is 0 Å². The molecule has 0 radical (unpaired) electrons. The maximum atomic E-state index is 11.4. The van der Waals surface area contributed by atoms with Gasteiger partial charge in [0.1, 0.15) is 0 Å². The molecule has 5 nitrogen and oxygen atoms in total. The molecule has 1 fully saturated rings. The molecule has 0 aliphatic carbocycles. The standard InChI is InChI=1S/C11H14BrN3O2/c12-8-5-10(7-14-6-8)15(11(16)17)9-1-3-13-4-2-9/h5-7,9,13H,1-4H2,(H,16,17). The molecule has 1 amide bonds. The Labute approximate surface area is 108 Å². The Balaban J connectivity index is 2.25. The van der Waals surface area contributed by atoms with Gasteiger partial charge in [-0.1, -0.05) is 0 Å². The minimum absolute atomic E-state index is 0.0323. The highest BCUT2D eigenvalue weighted by Crippen LogP contribution is 2.23. The fraction of sp³-hybridized carbons (Fsp3) is 0.455. The van der Waals surface area contributed by atoms with Crippen molar-refractivity contribution in [1.29, 1.82) is 0 Å². The number of nitrogens with zero attached hydrogens (tertiary/aromatic N) is 2. The number of nitrogens with one attached hydrogen (secondary N) is 1. The zero-order valence-electron chi connectivity index (χ0n) is 9.27. The number of rotatable bonds is 2. The molecule has 1 aliphatic rings. The van der Waals surface area contributed by atoms with E-state index in [1.54, 1.807) is 18.5 Å². The summed E-state index contributed by atoms with van der Waals surface area (Å²) in [4.78, 5) is 16.8. The second-order valence-corrected chi connectivity index (χ2v) is 4.91. The van der Waals surface area contributed by atoms with Crippen LogP contribution < -0.4 is 10.2 Å². The van der Waals surface area contributed by atoms with Crippen LogP contribution in [0.15, 0.2) is 22.9 Å². The first kappa shape index (κ1) is 12.3. The highest BCUT2D eigenvalue weighted by Gasteiger charge is 2.26. The van der Waals surface area contributed by atoms with E-state index in [4.69, 9.17) is 0 Å². The normalized spacial score (nSPS) is 16.8.